The van der Waals surface area contributed by atoms with Crippen LogP contribution in [0.1, 0.15) is 16.2 Å². The van der Waals surface area contributed by atoms with Gasteiger partial charge in [0.15, 0.2) is 5.82 Å². The van der Waals surface area contributed by atoms with Crippen molar-refractivity contribution in [2.24, 2.45) is 7.05 Å². The zero-order chi connectivity index (χ0) is 12.4. The molecule has 3 nitrogen and oxygen atoms in total. The molecule has 2 aromatic rings. The van der Waals surface area contributed by atoms with Gasteiger partial charge in [-0.3, -0.25) is 4.79 Å². The van der Waals surface area contributed by atoms with Crippen LogP contribution >= 0.6 is 11.6 Å². The molecule has 5 heteroatoms. The first-order chi connectivity index (χ1) is 8.08. The van der Waals surface area contributed by atoms with Crippen LogP contribution in [0.4, 0.5) is 4.39 Å². The monoisotopic (exact) mass is 252 g/mol. The van der Waals surface area contributed by atoms with Crippen molar-refractivity contribution in [2.75, 3.05) is 0 Å². The second-order valence-corrected chi connectivity index (χ2v) is 4.12. The number of aryl methyl sites for hydroxylation is 1. The Morgan fingerprint density at radius 1 is 1.53 bits per heavy atom. The van der Waals surface area contributed by atoms with Crippen LogP contribution in [-0.4, -0.2) is 15.3 Å². The molecule has 0 spiro atoms. The molecule has 1 aromatic heterocycles. The molecule has 0 aliphatic carbocycles. The number of hydrogen-bond donors (Lipinski definition) is 0. The summed E-state index contributed by atoms with van der Waals surface area (Å²) in [7, 11) is 1.75. The summed E-state index contributed by atoms with van der Waals surface area (Å²) in [5, 5.41) is 0.0233. The Morgan fingerprint density at radius 3 is 2.88 bits per heavy atom. The molecule has 2 rings (SSSR count). The van der Waals surface area contributed by atoms with E-state index in [1.54, 1.807) is 30.1 Å². The molecule has 0 unspecified atom stereocenters. The topological polar surface area (TPSA) is 34.9 Å². The molecule has 0 N–H and O–H groups in total. The van der Waals surface area contributed by atoms with Gasteiger partial charge in [-0.25, -0.2) is 9.37 Å². The maximum absolute atomic E-state index is 12.9. The van der Waals surface area contributed by atoms with Gasteiger partial charge in [0.2, 0.25) is 5.78 Å². The molecule has 0 amide bonds. The van der Waals surface area contributed by atoms with Crippen LogP contribution in [0.3, 0.4) is 0 Å². The minimum absolute atomic E-state index is 0.0233. The molecular weight excluding hydrogens is 243 g/mol. The molecule has 0 radical (unpaired) electrons. The zero-order valence-electron chi connectivity index (χ0n) is 9.15. The van der Waals surface area contributed by atoms with Gasteiger partial charge in [-0.1, -0.05) is 17.7 Å². The predicted octanol–water partition coefficient (Wildman–Crippen LogP) is 2.64. The molecule has 17 heavy (non-hydrogen) atoms. The number of carbonyl (C=O) groups is 1. The van der Waals surface area contributed by atoms with Crippen LogP contribution in [0.5, 0.6) is 0 Å². The van der Waals surface area contributed by atoms with Gasteiger partial charge in [-0.15, -0.1) is 0 Å². The van der Waals surface area contributed by atoms with Crippen LogP contribution in [0.25, 0.3) is 0 Å². The van der Waals surface area contributed by atoms with E-state index < -0.39 is 5.82 Å². The predicted molar refractivity (Wildman–Crippen MR) is 62.7 cm³/mol. The van der Waals surface area contributed by atoms with Crippen molar-refractivity contribution in [3.05, 3.63) is 52.8 Å². The van der Waals surface area contributed by atoms with E-state index in [9.17, 15) is 9.18 Å². The van der Waals surface area contributed by atoms with Crippen molar-refractivity contribution in [1.29, 1.82) is 0 Å². The van der Waals surface area contributed by atoms with Crippen molar-refractivity contribution < 1.29 is 9.18 Å². The average molecular weight is 253 g/mol. The molecule has 0 saturated carbocycles. The standard InChI is InChI=1S/C12H10ClFN2O/c1-16-5-4-15-12(16)11(17)7-8-2-3-10(14)9(13)6-8/h2-6H,7H2,1H3. The Morgan fingerprint density at radius 2 is 2.29 bits per heavy atom. The van der Waals surface area contributed by atoms with Gasteiger partial charge in [-0.2, -0.15) is 0 Å². The fourth-order valence-electron chi connectivity index (χ4n) is 1.55. The van der Waals surface area contributed by atoms with Crippen LogP contribution in [-0.2, 0) is 13.5 Å². The minimum Gasteiger partial charge on any atom is -0.332 e. The Labute approximate surface area is 103 Å². The van der Waals surface area contributed by atoms with Gasteiger partial charge in [0.05, 0.1) is 5.02 Å². The number of hydrogen-bond acceptors (Lipinski definition) is 2. The summed E-state index contributed by atoms with van der Waals surface area (Å²) in [6.07, 6.45) is 3.42. The highest BCUT2D eigenvalue weighted by Gasteiger charge is 2.12. The summed E-state index contributed by atoms with van der Waals surface area (Å²) in [4.78, 5) is 15.8. The Bertz CT molecular complexity index is 565. The number of nitrogens with zero attached hydrogens (tertiary/aromatic N) is 2. The smallest absolute Gasteiger partial charge is 0.202 e. The van der Waals surface area contributed by atoms with Gasteiger partial charge in [0, 0.05) is 25.9 Å². The van der Waals surface area contributed by atoms with Crippen molar-refractivity contribution in [3.8, 4) is 0 Å². The lowest BCUT2D eigenvalue weighted by molar-refractivity contribution is 0.0980. The third kappa shape index (κ3) is 2.53. The number of aromatic nitrogens is 2. The van der Waals surface area contributed by atoms with E-state index >= 15 is 0 Å². The largest absolute Gasteiger partial charge is 0.332 e. The van der Waals surface area contributed by atoms with E-state index in [0.717, 1.165) is 0 Å². The number of imidazole rings is 1. The summed E-state index contributed by atoms with van der Waals surface area (Å²) < 4.78 is 14.6. The first-order valence-electron chi connectivity index (χ1n) is 5.02. The number of Topliss-reactive ketones (excluding diaryl/α,β-unsaturated/α-hetero) is 1. The van der Waals surface area contributed by atoms with E-state index in [4.69, 9.17) is 11.6 Å². The van der Waals surface area contributed by atoms with Crippen molar-refractivity contribution in [1.82, 2.24) is 9.55 Å². The number of rotatable bonds is 3. The van der Waals surface area contributed by atoms with E-state index in [1.165, 1.54) is 12.1 Å². The highest BCUT2D eigenvalue weighted by atomic mass is 35.5. The van der Waals surface area contributed by atoms with E-state index in [2.05, 4.69) is 4.98 Å². The number of carbonyl (C=O) groups excluding carboxylic acids is 1. The second-order valence-electron chi connectivity index (χ2n) is 3.71. The first-order valence-corrected chi connectivity index (χ1v) is 5.40. The lowest BCUT2D eigenvalue weighted by Gasteiger charge is -2.02. The van der Waals surface area contributed by atoms with Crippen molar-refractivity contribution in [2.45, 2.75) is 6.42 Å². The lowest BCUT2D eigenvalue weighted by Crippen LogP contribution is -2.10. The molecule has 88 valence electrons. The van der Waals surface area contributed by atoms with Gasteiger partial charge in [-0.05, 0) is 17.7 Å². The number of benzene rings is 1. The minimum atomic E-state index is -0.486. The quantitative estimate of drug-likeness (QED) is 0.787. The summed E-state index contributed by atoms with van der Waals surface area (Å²) in [5.41, 5.74) is 0.671. The first kappa shape index (κ1) is 11.8. The summed E-state index contributed by atoms with van der Waals surface area (Å²) in [5.74, 6) is -0.231. The fraction of sp³-hybridized carbons (Fsp3) is 0.167. The molecule has 0 atom stereocenters. The lowest BCUT2D eigenvalue weighted by atomic mass is 10.1. The molecule has 1 aromatic carbocycles. The highest BCUT2D eigenvalue weighted by Crippen LogP contribution is 2.17. The molecule has 0 aliphatic heterocycles. The molecule has 0 fully saturated rings. The zero-order valence-corrected chi connectivity index (χ0v) is 9.91. The van der Waals surface area contributed by atoms with Crippen LogP contribution in [0.2, 0.25) is 5.02 Å². The summed E-state index contributed by atoms with van der Waals surface area (Å²) in [6, 6.07) is 4.25. The second kappa shape index (κ2) is 4.67. The average Bonchev–Trinajstić information content (AvgIpc) is 2.70. The van der Waals surface area contributed by atoms with Gasteiger partial charge >= 0.3 is 0 Å². The molecule has 0 aliphatic rings. The third-order valence-electron chi connectivity index (χ3n) is 2.42. The number of halogens is 2. The molecule has 0 saturated heterocycles. The summed E-state index contributed by atoms with van der Waals surface area (Å²) >= 11 is 5.65. The number of ketones is 1. The van der Waals surface area contributed by atoms with Crippen LogP contribution in [0.15, 0.2) is 30.6 Å². The molecule has 0 bridgehead atoms. The molecular formula is C12H10ClFN2O. The third-order valence-corrected chi connectivity index (χ3v) is 2.71. The van der Waals surface area contributed by atoms with E-state index in [1.807, 2.05) is 0 Å². The van der Waals surface area contributed by atoms with E-state index in [0.29, 0.717) is 11.4 Å². The van der Waals surface area contributed by atoms with Gasteiger partial charge < -0.3 is 4.57 Å². The fourth-order valence-corrected chi connectivity index (χ4v) is 1.75. The normalized spacial score (nSPS) is 10.5. The van der Waals surface area contributed by atoms with Crippen molar-refractivity contribution in [3.63, 3.8) is 0 Å². The summed E-state index contributed by atoms with van der Waals surface area (Å²) in [6.45, 7) is 0. The van der Waals surface area contributed by atoms with Crippen LogP contribution in [0, 0.1) is 5.82 Å². The SMILES string of the molecule is Cn1ccnc1C(=O)Cc1ccc(F)c(Cl)c1. The highest BCUT2D eigenvalue weighted by molar-refractivity contribution is 6.30. The maximum Gasteiger partial charge on any atom is 0.202 e. The Balaban J connectivity index is 2.19. The molecule has 1 heterocycles. The van der Waals surface area contributed by atoms with Crippen LogP contribution < -0.4 is 0 Å². The van der Waals surface area contributed by atoms with Gasteiger partial charge in [0.25, 0.3) is 0 Å². The Hall–Kier alpha value is -1.68. The maximum atomic E-state index is 12.9. The van der Waals surface area contributed by atoms with E-state index in [-0.39, 0.29) is 17.2 Å². The van der Waals surface area contributed by atoms with Gasteiger partial charge in [0.1, 0.15) is 5.82 Å². The Kier molecular flexibility index (Phi) is 3.24. The van der Waals surface area contributed by atoms with Crippen molar-refractivity contribution >= 4 is 17.4 Å².